The van der Waals surface area contributed by atoms with E-state index in [0.29, 0.717) is 17.3 Å². The second kappa shape index (κ2) is 6.03. The summed E-state index contributed by atoms with van der Waals surface area (Å²) in [6, 6.07) is 2.18. The Bertz CT molecular complexity index is 477. The summed E-state index contributed by atoms with van der Waals surface area (Å²) in [5.41, 5.74) is 0.762. The third kappa shape index (κ3) is 3.12. The van der Waals surface area contributed by atoms with E-state index in [0.717, 1.165) is 24.3 Å². The first-order chi connectivity index (χ1) is 8.70. The van der Waals surface area contributed by atoms with Crippen LogP contribution in [0.4, 0.5) is 0 Å². The van der Waals surface area contributed by atoms with Crippen LogP contribution in [-0.4, -0.2) is 23.7 Å². The van der Waals surface area contributed by atoms with Crippen LogP contribution in [0, 0.1) is 17.8 Å². The minimum atomic E-state index is -0.0183. The number of hydrogen-bond donors (Lipinski definition) is 2. The number of carbonyl (C=O) groups excluding carboxylic acids is 1. The van der Waals surface area contributed by atoms with E-state index >= 15 is 0 Å². The van der Waals surface area contributed by atoms with E-state index in [4.69, 9.17) is 5.11 Å². The maximum Gasteiger partial charge on any atom is 0.262 e. The van der Waals surface area contributed by atoms with Crippen LogP contribution in [-0.2, 0) is 0 Å². The minimum absolute atomic E-state index is 0.0183. The molecule has 0 unspecified atom stereocenters. The van der Waals surface area contributed by atoms with Gasteiger partial charge in [0, 0.05) is 18.0 Å². The number of hydrogen-bond acceptors (Lipinski definition) is 3. The Morgan fingerprint density at radius 3 is 3.06 bits per heavy atom. The van der Waals surface area contributed by atoms with Gasteiger partial charge < -0.3 is 10.4 Å². The molecule has 0 radical (unpaired) electrons. The zero-order valence-corrected chi connectivity index (χ0v) is 11.2. The van der Waals surface area contributed by atoms with Crippen molar-refractivity contribution in [2.24, 2.45) is 5.92 Å². The van der Waals surface area contributed by atoms with Gasteiger partial charge in [0.25, 0.3) is 5.91 Å². The molecular formula is C14H17NO2S. The van der Waals surface area contributed by atoms with Gasteiger partial charge in [-0.05, 0) is 30.2 Å². The molecule has 1 aromatic heterocycles. The monoisotopic (exact) mass is 263 g/mol. The summed E-state index contributed by atoms with van der Waals surface area (Å²) in [5, 5.41) is 13.6. The highest BCUT2D eigenvalue weighted by atomic mass is 32.1. The largest absolute Gasteiger partial charge is 0.395 e. The lowest BCUT2D eigenvalue weighted by molar-refractivity contribution is 0.0900. The first-order valence-corrected chi connectivity index (χ1v) is 7.06. The summed E-state index contributed by atoms with van der Waals surface area (Å²) < 4.78 is 0. The summed E-state index contributed by atoms with van der Waals surface area (Å²) in [4.78, 5) is 12.7. The Morgan fingerprint density at radius 1 is 1.61 bits per heavy atom. The normalized spacial score (nSPS) is 21.7. The first-order valence-electron chi connectivity index (χ1n) is 6.18. The molecule has 18 heavy (non-hydrogen) atoms. The van der Waals surface area contributed by atoms with E-state index < -0.39 is 0 Å². The van der Waals surface area contributed by atoms with E-state index in [2.05, 4.69) is 24.1 Å². The Kier molecular flexibility index (Phi) is 4.40. The number of aliphatic hydroxyl groups excluding tert-OH is 1. The fourth-order valence-electron chi connectivity index (χ4n) is 2.07. The van der Waals surface area contributed by atoms with Crippen molar-refractivity contribution in [3.05, 3.63) is 21.9 Å². The maximum atomic E-state index is 12.1. The van der Waals surface area contributed by atoms with Gasteiger partial charge in [0.15, 0.2) is 0 Å². The third-order valence-corrected chi connectivity index (χ3v) is 3.95. The molecule has 3 nitrogen and oxygen atoms in total. The minimum Gasteiger partial charge on any atom is -0.395 e. The first kappa shape index (κ1) is 13.1. The van der Waals surface area contributed by atoms with Crippen molar-refractivity contribution in [2.75, 3.05) is 6.61 Å². The van der Waals surface area contributed by atoms with E-state index in [-0.39, 0.29) is 12.5 Å². The second-order valence-corrected chi connectivity index (χ2v) is 5.60. The highest BCUT2D eigenvalue weighted by Gasteiger charge is 2.27. The molecule has 0 aromatic carbocycles. The summed E-state index contributed by atoms with van der Waals surface area (Å²) in [6.07, 6.45) is 2.59. The Morgan fingerprint density at radius 2 is 2.39 bits per heavy atom. The van der Waals surface area contributed by atoms with Crippen molar-refractivity contribution in [1.82, 2.24) is 5.32 Å². The number of amides is 1. The number of thiophene rings is 1. The Labute approximate surface area is 111 Å². The smallest absolute Gasteiger partial charge is 0.262 e. The number of nitrogens with one attached hydrogen (secondary N) is 1. The summed E-state index contributed by atoms with van der Waals surface area (Å²) in [5.74, 6) is 6.49. The standard InChI is InChI=1S/C14H17NO2S/c1-10-8-12(9-10)15-14(17)13-11(5-7-18-13)4-2-3-6-16/h5,7,10,12,16H,3,6,8-9H2,1H3,(H,15,17). The lowest BCUT2D eigenvalue weighted by atomic mass is 9.82. The van der Waals surface area contributed by atoms with Gasteiger partial charge in [0.05, 0.1) is 6.61 Å². The van der Waals surface area contributed by atoms with Crippen molar-refractivity contribution in [3.63, 3.8) is 0 Å². The van der Waals surface area contributed by atoms with Gasteiger partial charge in [0.1, 0.15) is 4.88 Å². The van der Waals surface area contributed by atoms with Crippen LogP contribution in [0.3, 0.4) is 0 Å². The SMILES string of the molecule is CC1CC(NC(=O)c2sccc2C#CCCO)C1. The van der Waals surface area contributed by atoms with Gasteiger partial charge in [-0.3, -0.25) is 4.79 Å². The number of aliphatic hydroxyl groups is 1. The lowest BCUT2D eigenvalue weighted by Crippen LogP contribution is -2.43. The van der Waals surface area contributed by atoms with Gasteiger partial charge in [-0.15, -0.1) is 11.3 Å². The summed E-state index contributed by atoms with van der Waals surface area (Å²) in [6.45, 7) is 2.25. The molecule has 0 spiro atoms. The lowest BCUT2D eigenvalue weighted by Gasteiger charge is -2.33. The average Bonchev–Trinajstić information content (AvgIpc) is 2.76. The van der Waals surface area contributed by atoms with Crippen molar-refractivity contribution >= 4 is 17.2 Å². The molecular weight excluding hydrogens is 246 g/mol. The van der Waals surface area contributed by atoms with Crippen molar-refractivity contribution in [3.8, 4) is 11.8 Å². The average molecular weight is 263 g/mol. The van der Waals surface area contributed by atoms with Crippen LogP contribution >= 0.6 is 11.3 Å². The van der Waals surface area contributed by atoms with Crippen LogP contribution in [0.25, 0.3) is 0 Å². The molecule has 4 heteroatoms. The molecule has 2 rings (SSSR count). The molecule has 1 amide bonds. The molecule has 2 N–H and O–H groups in total. The second-order valence-electron chi connectivity index (χ2n) is 4.69. The fourth-order valence-corrected chi connectivity index (χ4v) is 2.82. The molecule has 1 heterocycles. The molecule has 1 aliphatic carbocycles. The molecule has 0 saturated heterocycles. The predicted octanol–water partition coefficient (Wildman–Crippen LogP) is 2.01. The Balaban J connectivity index is 1.98. The quantitative estimate of drug-likeness (QED) is 0.820. The molecule has 1 fully saturated rings. The molecule has 96 valence electrons. The number of rotatable bonds is 3. The zero-order chi connectivity index (χ0) is 13.0. The predicted molar refractivity (Wildman–Crippen MR) is 72.6 cm³/mol. The van der Waals surface area contributed by atoms with E-state index in [1.807, 2.05) is 11.4 Å². The summed E-state index contributed by atoms with van der Waals surface area (Å²) >= 11 is 1.42. The molecule has 1 aliphatic rings. The molecule has 1 aromatic rings. The molecule has 0 atom stereocenters. The van der Waals surface area contributed by atoms with Gasteiger partial charge >= 0.3 is 0 Å². The van der Waals surface area contributed by atoms with Gasteiger partial charge in [0.2, 0.25) is 0 Å². The zero-order valence-electron chi connectivity index (χ0n) is 10.4. The summed E-state index contributed by atoms with van der Waals surface area (Å²) in [7, 11) is 0. The maximum absolute atomic E-state index is 12.1. The van der Waals surface area contributed by atoms with Crippen molar-refractivity contribution in [2.45, 2.75) is 32.2 Å². The highest BCUT2D eigenvalue weighted by Crippen LogP contribution is 2.27. The van der Waals surface area contributed by atoms with Crippen molar-refractivity contribution in [1.29, 1.82) is 0 Å². The van der Waals surface area contributed by atoms with Crippen LogP contribution < -0.4 is 5.32 Å². The van der Waals surface area contributed by atoms with Gasteiger partial charge in [-0.2, -0.15) is 0 Å². The fraction of sp³-hybridized carbons (Fsp3) is 0.500. The van der Waals surface area contributed by atoms with Crippen LogP contribution in [0.2, 0.25) is 0 Å². The molecule has 1 saturated carbocycles. The third-order valence-electron chi connectivity index (χ3n) is 3.04. The van der Waals surface area contributed by atoms with Gasteiger partial charge in [-0.1, -0.05) is 18.8 Å². The number of carbonyl (C=O) groups is 1. The van der Waals surface area contributed by atoms with Crippen LogP contribution in [0.5, 0.6) is 0 Å². The van der Waals surface area contributed by atoms with Crippen LogP contribution in [0.15, 0.2) is 11.4 Å². The van der Waals surface area contributed by atoms with E-state index in [1.54, 1.807) is 0 Å². The van der Waals surface area contributed by atoms with E-state index in [1.165, 1.54) is 11.3 Å². The van der Waals surface area contributed by atoms with Crippen LogP contribution in [0.1, 0.15) is 41.4 Å². The molecule has 0 aliphatic heterocycles. The van der Waals surface area contributed by atoms with E-state index in [9.17, 15) is 4.79 Å². The Hall–Kier alpha value is -1.31. The molecule has 0 bridgehead atoms. The highest BCUT2D eigenvalue weighted by molar-refractivity contribution is 7.12. The van der Waals surface area contributed by atoms with Gasteiger partial charge in [-0.25, -0.2) is 0 Å². The van der Waals surface area contributed by atoms with Crippen molar-refractivity contribution < 1.29 is 9.90 Å². The topological polar surface area (TPSA) is 49.3 Å².